The fraction of sp³-hybridized carbons (Fsp3) is 0.333. The maximum atomic E-state index is 11.3. The minimum absolute atomic E-state index is 0.0603. The van der Waals surface area contributed by atoms with Crippen molar-refractivity contribution in [2.24, 2.45) is 5.73 Å². The number of methoxy groups -OCH3 is 1. The summed E-state index contributed by atoms with van der Waals surface area (Å²) in [5.41, 5.74) is 5.91. The van der Waals surface area contributed by atoms with Gasteiger partial charge >= 0.3 is 6.03 Å². The first-order chi connectivity index (χ1) is 8.50. The molecule has 0 radical (unpaired) electrons. The molecule has 0 spiro atoms. The van der Waals surface area contributed by atoms with E-state index in [1.54, 1.807) is 7.11 Å². The first-order valence-corrected chi connectivity index (χ1v) is 5.54. The van der Waals surface area contributed by atoms with Gasteiger partial charge in [0.05, 0.1) is 13.5 Å². The molecular weight excluding hydrogens is 234 g/mol. The van der Waals surface area contributed by atoms with Crippen molar-refractivity contribution >= 4 is 11.9 Å². The highest BCUT2D eigenvalue weighted by atomic mass is 16.5. The number of benzene rings is 1. The van der Waals surface area contributed by atoms with Gasteiger partial charge in [-0.2, -0.15) is 0 Å². The van der Waals surface area contributed by atoms with Gasteiger partial charge in [0.2, 0.25) is 5.91 Å². The number of hydrogen-bond acceptors (Lipinski definition) is 4. The van der Waals surface area contributed by atoms with Gasteiger partial charge in [-0.25, -0.2) is 4.79 Å². The molecule has 1 aromatic rings. The Kier molecular flexibility index (Phi) is 3.20. The number of carbonyl (C=O) groups is 2. The Morgan fingerprint density at radius 3 is 2.56 bits per heavy atom. The first kappa shape index (κ1) is 12.4. The standard InChI is InChI=1S/C12H15N3O3/c1-18-9-4-2-8(3-5-9)6-12(13)7-10(16)14-11(17)15-12/h2-5H,6-7,13H2,1H3,(H2,14,15,16,17). The number of rotatable bonds is 3. The van der Waals surface area contributed by atoms with Crippen molar-refractivity contribution in [3.05, 3.63) is 29.8 Å². The summed E-state index contributed by atoms with van der Waals surface area (Å²) in [6, 6.07) is 6.77. The molecule has 4 N–H and O–H groups in total. The fourth-order valence-corrected chi connectivity index (χ4v) is 1.97. The molecule has 6 heteroatoms. The monoisotopic (exact) mass is 249 g/mol. The van der Waals surface area contributed by atoms with E-state index >= 15 is 0 Å². The van der Waals surface area contributed by atoms with Crippen LogP contribution in [-0.4, -0.2) is 24.7 Å². The Morgan fingerprint density at radius 1 is 1.33 bits per heavy atom. The Hall–Kier alpha value is -2.08. The highest BCUT2D eigenvalue weighted by molar-refractivity contribution is 5.97. The summed E-state index contributed by atoms with van der Waals surface area (Å²) in [4.78, 5) is 22.5. The Labute approximate surface area is 104 Å². The Balaban J connectivity index is 2.11. The Morgan fingerprint density at radius 2 is 2.00 bits per heavy atom. The zero-order valence-electron chi connectivity index (χ0n) is 10.0. The van der Waals surface area contributed by atoms with Crippen LogP contribution in [0.15, 0.2) is 24.3 Å². The lowest BCUT2D eigenvalue weighted by atomic mass is 9.95. The minimum atomic E-state index is -1.03. The van der Waals surface area contributed by atoms with Crippen molar-refractivity contribution in [1.82, 2.24) is 10.6 Å². The van der Waals surface area contributed by atoms with Crippen molar-refractivity contribution in [3.63, 3.8) is 0 Å². The van der Waals surface area contributed by atoms with Crippen LogP contribution in [0, 0.1) is 0 Å². The molecule has 1 saturated heterocycles. The molecule has 18 heavy (non-hydrogen) atoms. The minimum Gasteiger partial charge on any atom is -0.497 e. The van der Waals surface area contributed by atoms with E-state index in [2.05, 4.69) is 10.6 Å². The summed E-state index contributed by atoms with van der Waals surface area (Å²) in [5.74, 6) is 0.380. The van der Waals surface area contributed by atoms with E-state index in [0.717, 1.165) is 11.3 Å². The predicted molar refractivity (Wildman–Crippen MR) is 64.9 cm³/mol. The van der Waals surface area contributed by atoms with Gasteiger partial charge in [0.15, 0.2) is 0 Å². The summed E-state index contributed by atoms with van der Waals surface area (Å²) in [5, 5.41) is 4.73. The molecule has 1 fully saturated rings. The lowest BCUT2D eigenvalue weighted by molar-refractivity contribution is -0.122. The summed E-state index contributed by atoms with van der Waals surface area (Å²) >= 11 is 0. The maximum Gasteiger partial charge on any atom is 0.322 e. The summed E-state index contributed by atoms with van der Waals surface area (Å²) in [6.07, 6.45) is 0.445. The molecule has 0 aliphatic carbocycles. The zero-order valence-corrected chi connectivity index (χ0v) is 10.0. The van der Waals surface area contributed by atoms with Gasteiger partial charge in [0.1, 0.15) is 11.4 Å². The highest BCUT2D eigenvalue weighted by Crippen LogP contribution is 2.17. The molecular formula is C12H15N3O3. The van der Waals surface area contributed by atoms with E-state index in [-0.39, 0.29) is 12.3 Å². The van der Waals surface area contributed by atoms with Crippen molar-refractivity contribution < 1.29 is 14.3 Å². The van der Waals surface area contributed by atoms with E-state index in [1.807, 2.05) is 24.3 Å². The van der Waals surface area contributed by atoms with Crippen molar-refractivity contribution in [1.29, 1.82) is 0 Å². The van der Waals surface area contributed by atoms with Gasteiger partial charge < -0.3 is 15.8 Å². The smallest absolute Gasteiger partial charge is 0.322 e. The molecule has 1 aliphatic heterocycles. The van der Waals surface area contributed by atoms with Crippen LogP contribution >= 0.6 is 0 Å². The number of carbonyl (C=O) groups excluding carboxylic acids is 2. The third kappa shape index (κ3) is 2.78. The third-order valence-electron chi connectivity index (χ3n) is 2.77. The van der Waals surface area contributed by atoms with Crippen LogP contribution in [0.2, 0.25) is 0 Å². The average molecular weight is 249 g/mol. The second-order valence-electron chi connectivity index (χ2n) is 4.36. The van der Waals surface area contributed by atoms with E-state index in [0.29, 0.717) is 6.42 Å². The topological polar surface area (TPSA) is 93.4 Å². The second kappa shape index (κ2) is 4.66. The van der Waals surface area contributed by atoms with Gasteiger partial charge in [-0.3, -0.25) is 10.1 Å². The van der Waals surface area contributed by atoms with E-state index < -0.39 is 11.7 Å². The molecule has 6 nitrogen and oxygen atoms in total. The summed E-state index contributed by atoms with van der Waals surface area (Å²) < 4.78 is 5.05. The van der Waals surface area contributed by atoms with Gasteiger partial charge in [-0.05, 0) is 17.7 Å². The maximum absolute atomic E-state index is 11.3. The van der Waals surface area contributed by atoms with Crippen molar-refractivity contribution in [2.45, 2.75) is 18.5 Å². The number of ether oxygens (including phenoxy) is 1. The molecule has 1 unspecified atom stereocenters. The quantitative estimate of drug-likeness (QED) is 0.709. The molecule has 96 valence electrons. The SMILES string of the molecule is COc1ccc(CC2(N)CC(=O)NC(=O)N2)cc1. The van der Waals surface area contributed by atoms with E-state index in [9.17, 15) is 9.59 Å². The fourth-order valence-electron chi connectivity index (χ4n) is 1.97. The van der Waals surface area contributed by atoms with Crippen LogP contribution < -0.4 is 21.1 Å². The van der Waals surface area contributed by atoms with Crippen molar-refractivity contribution in [3.8, 4) is 5.75 Å². The first-order valence-electron chi connectivity index (χ1n) is 5.54. The number of nitrogens with one attached hydrogen (secondary N) is 2. The summed E-state index contributed by atoms with van der Waals surface area (Å²) in [7, 11) is 1.59. The molecule has 1 aliphatic rings. The molecule has 1 aromatic carbocycles. The lowest BCUT2D eigenvalue weighted by Crippen LogP contribution is -2.66. The molecule has 1 atom stereocenters. The number of urea groups is 1. The van der Waals surface area contributed by atoms with E-state index in [4.69, 9.17) is 10.5 Å². The zero-order chi connectivity index (χ0) is 13.2. The van der Waals surface area contributed by atoms with Crippen LogP contribution in [0.3, 0.4) is 0 Å². The number of nitrogens with two attached hydrogens (primary N) is 1. The second-order valence-corrected chi connectivity index (χ2v) is 4.36. The molecule has 2 rings (SSSR count). The van der Waals surface area contributed by atoms with Crippen LogP contribution in [0.4, 0.5) is 4.79 Å². The normalized spacial score (nSPS) is 23.2. The van der Waals surface area contributed by atoms with Crippen LogP contribution in [0.1, 0.15) is 12.0 Å². The molecule has 1 heterocycles. The van der Waals surface area contributed by atoms with Gasteiger partial charge in [-0.1, -0.05) is 12.1 Å². The van der Waals surface area contributed by atoms with Crippen LogP contribution in [0.25, 0.3) is 0 Å². The number of imide groups is 1. The average Bonchev–Trinajstić information content (AvgIpc) is 2.27. The lowest BCUT2D eigenvalue weighted by Gasteiger charge is -2.33. The molecule has 0 aromatic heterocycles. The predicted octanol–water partition coefficient (Wildman–Crippen LogP) is 0.122. The van der Waals surface area contributed by atoms with Crippen LogP contribution in [0.5, 0.6) is 5.75 Å². The van der Waals surface area contributed by atoms with Crippen LogP contribution in [-0.2, 0) is 11.2 Å². The number of hydrogen-bond donors (Lipinski definition) is 3. The number of amides is 3. The molecule has 3 amide bonds. The van der Waals surface area contributed by atoms with E-state index in [1.165, 1.54) is 0 Å². The largest absolute Gasteiger partial charge is 0.497 e. The third-order valence-corrected chi connectivity index (χ3v) is 2.77. The van der Waals surface area contributed by atoms with Gasteiger partial charge in [0.25, 0.3) is 0 Å². The summed E-state index contributed by atoms with van der Waals surface area (Å²) in [6.45, 7) is 0. The van der Waals surface area contributed by atoms with Gasteiger partial charge in [-0.15, -0.1) is 0 Å². The van der Waals surface area contributed by atoms with Crippen molar-refractivity contribution in [2.75, 3.05) is 7.11 Å². The Bertz CT molecular complexity index is 454. The van der Waals surface area contributed by atoms with Gasteiger partial charge in [0, 0.05) is 6.42 Å². The highest BCUT2D eigenvalue weighted by Gasteiger charge is 2.35. The molecule has 0 saturated carbocycles. The molecule has 0 bridgehead atoms.